The monoisotopic (exact) mass is 182 g/mol. The van der Waals surface area contributed by atoms with Crippen LogP contribution < -0.4 is 0 Å². The van der Waals surface area contributed by atoms with Crippen LogP contribution in [0.1, 0.15) is 66.2 Å². The van der Waals surface area contributed by atoms with E-state index in [2.05, 4.69) is 27.7 Å². The largest absolute Gasteiger partial charge is 0.0654 e. The minimum atomic E-state index is 0.747. The second-order valence-electron chi connectivity index (χ2n) is 5.40. The van der Waals surface area contributed by atoms with Crippen molar-refractivity contribution in [3.63, 3.8) is 0 Å². The summed E-state index contributed by atoms with van der Waals surface area (Å²) in [5.74, 6) is 2.02. The van der Waals surface area contributed by atoms with Gasteiger partial charge < -0.3 is 0 Å². The summed E-state index contributed by atoms with van der Waals surface area (Å²) in [6, 6.07) is 0. The van der Waals surface area contributed by atoms with Gasteiger partial charge in [0, 0.05) is 0 Å². The molecule has 1 rings (SSSR count). The van der Waals surface area contributed by atoms with E-state index < -0.39 is 0 Å². The molecule has 0 aromatic rings. The summed E-state index contributed by atoms with van der Waals surface area (Å²) < 4.78 is 0. The van der Waals surface area contributed by atoms with Crippen molar-refractivity contribution in [2.24, 2.45) is 17.3 Å². The maximum Gasteiger partial charge on any atom is -0.0294 e. The lowest BCUT2D eigenvalue weighted by Crippen LogP contribution is -2.02. The van der Waals surface area contributed by atoms with Crippen LogP contribution in [0.4, 0.5) is 0 Å². The number of rotatable bonds is 6. The first-order valence-corrected chi connectivity index (χ1v) is 6.12. The molecule has 0 heteroatoms. The Balaban J connectivity index is 2.13. The van der Waals surface area contributed by atoms with Gasteiger partial charge in [-0.2, -0.15) is 0 Å². The Labute approximate surface area is 84.1 Å². The van der Waals surface area contributed by atoms with E-state index in [0.717, 1.165) is 17.3 Å². The van der Waals surface area contributed by atoms with Gasteiger partial charge in [-0.15, -0.1) is 0 Å². The Morgan fingerprint density at radius 2 is 2.00 bits per heavy atom. The Bertz CT molecular complexity index is 150. The van der Waals surface area contributed by atoms with E-state index in [4.69, 9.17) is 0 Å². The molecule has 3 unspecified atom stereocenters. The van der Waals surface area contributed by atoms with Crippen molar-refractivity contribution in [1.29, 1.82) is 0 Å². The van der Waals surface area contributed by atoms with Gasteiger partial charge >= 0.3 is 0 Å². The van der Waals surface area contributed by atoms with Crippen molar-refractivity contribution < 1.29 is 0 Å². The smallest absolute Gasteiger partial charge is 0.0294 e. The predicted molar refractivity (Wildman–Crippen MR) is 59.8 cm³/mol. The second kappa shape index (κ2) is 4.48. The molecule has 0 N–H and O–H groups in total. The summed E-state index contributed by atoms with van der Waals surface area (Å²) in [5, 5.41) is 0. The second-order valence-corrected chi connectivity index (χ2v) is 5.40. The summed E-state index contributed by atoms with van der Waals surface area (Å²) in [5.41, 5.74) is 0.747. The molecule has 3 atom stereocenters. The average molecular weight is 182 g/mol. The van der Waals surface area contributed by atoms with Gasteiger partial charge in [0.25, 0.3) is 0 Å². The van der Waals surface area contributed by atoms with Gasteiger partial charge in [-0.3, -0.25) is 0 Å². The van der Waals surface area contributed by atoms with E-state index in [0.29, 0.717) is 0 Å². The van der Waals surface area contributed by atoms with Gasteiger partial charge in [-0.05, 0) is 30.1 Å². The van der Waals surface area contributed by atoms with Crippen molar-refractivity contribution in [3.8, 4) is 0 Å². The van der Waals surface area contributed by atoms with Crippen LogP contribution in [0, 0.1) is 17.3 Å². The van der Waals surface area contributed by atoms with E-state index in [9.17, 15) is 0 Å². The molecule has 0 aromatic carbocycles. The molecule has 0 aliphatic heterocycles. The number of hydrogen-bond acceptors (Lipinski definition) is 0. The first-order valence-electron chi connectivity index (χ1n) is 6.12. The van der Waals surface area contributed by atoms with Gasteiger partial charge in [0.05, 0.1) is 0 Å². The van der Waals surface area contributed by atoms with E-state index in [-0.39, 0.29) is 0 Å². The first kappa shape index (κ1) is 11.1. The molecule has 1 fully saturated rings. The summed E-state index contributed by atoms with van der Waals surface area (Å²) in [6.07, 6.45) is 8.62. The van der Waals surface area contributed by atoms with Crippen molar-refractivity contribution in [1.82, 2.24) is 0 Å². The summed E-state index contributed by atoms with van der Waals surface area (Å²) in [7, 11) is 0. The third-order valence-electron chi connectivity index (χ3n) is 4.02. The Morgan fingerprint density at radius 1 is 1.31 bits per heavy atom. The summed E-state index contributed by atoms with van der Waals surface area (Å²) in [4.78, 5) is 0. The third kappa shape index (κ3) is 3.00. The normalized spacial score (nSPS) is 34.6. The molecule has 0 saturated heterocycles. The Morgan fingerprint density at radius 3 is 2.46 bits per heavy atom. The maximum absolute atomic E-state index is 2.49. The molecular weight excluding hydrogens is 156 g/mol. The SMILES string of the molecule is CCCC(C)CCC1(C)CC1CC. The third-order valence-corrected chi connectivity index (χ3v) is 4.02. The highest BCUT2D eigenvalue weighted by Crippen LogP contribution is 2.57. The highest BCUT2D eigenvalue weighted by Gasteiger charge is 2.47. The Hall–Kier alpha value is 0. The minimum Gasteiger partial charge on any atom is -0.0654 e. The first-order chi connectivity index (χ1) is 6.12. The van der Waals surface area contributed by atoms with Crippen molar-refractivity contribution in [2.45, 2.75) is 66.2 Å². The Kier molecular flexibility index (Phi) is 3.82. The van der Waals surface area contributed by atoms with Crippen LogP contribution in [0.5, 0.6) is 0 Å². The van der Waals surface area contributed by atoms with E-state index >= 15 is 0 Å². The molecule has 0 spiro atoms. The van der Waals surface area contributed by atoms with Gasteiger partial charge in [0.2, 0.25) is 0 Å². The van der Waals surface area contributed by atoms with E-state index in [1.807, 2.05) is 0 Å². The predicted octanol–water partition coefficient (Wildman–Crippen LogP) is 4.64. The standard InChI is InChI=1S/C13H26/c1-5-7-11(3)8-9-13(4)10-12(13)6-2/h11-12H,5-10H2,1-4H3. The lowest BCUT2D eigenvalue weighted by Gasteiger charge is -2.14. The van der Waals surface area contributed by atoms with Crippen molar-refractivity contribution in [3.05, 3.63) is 0 Å². The molecule has 0 radical (unpaired) electrons. The molecule has 13 heavy (non-hydrogen) atoms. The van der Waals surface area contributed by atoms with Crippen LogP contribution in [0.3, 0.4) is 0 Å². The lowest BCUT2D eigenvalue weighted by atomic mass is 9.91. The van der Waals surface area contributed by atoms with E-state index in [1.54, 1.807) is 0 Å². The lowest BCUT2D eigenvalue weighted by molar-refractivity contribution is 0.373. The average Bonchev–Trinajstić information content (AvgIpc) is 2.75. The zero-order valence-corrected chi connectivity index (χ0v) is 9.90. The van der Waals surface area contributed by atoms with Gasteiger partial charge in [0.1, 0.15) is 0 Å². The van der Waals surface area contributed by atoms with Crippen LogP contribution in [0.15, 0.2) is 0 Å². The maximum atomic E-state index is 2.49. The summed E-state index contributed by atoms with van der Waals surface area (Å²) >= 11 is 0. The fourth-order valence-corrected chi connectivity index (χ4v) is 2.66. The van der Waals surface area contributed by atoms with Crippen LogP contribution >= 0.6 is 0 Å². The molecule has 0 amide bonds. The molecule has 78 valence electrons. The van der Waals surface area contributed by atoms with Crippen LogP contribution in [0.25, 0.3) is 0 Å². The van der Waals surface area contributed by atoms with Crippen LogP contribution in [0.2, 0.25) is 0 Å². The quantitative estimate of drug-likeness (QED) is 0.561. The molecule has 0 nitrogen and oxygen atoms in total. The molecule has 1 saturated carbocycles. The fraction of sp³-hybridized carbons (Fsp3) is 1.00. The molecule has 1 aliphatic carbocycles. The van der Waals surface area contributed by atoms with Crippen molar-refractivity contribution in [2.75, 3.05) is 0 Å². The molecule has 0 bridgehead atoms. The van der Waals surface area contributed by atoms with Crippen LogP contribution in [-0.2, 0) is 0 Å². The van der Waals surface area contributed by atoms with Gasteiger partial charge in [-0.25, -0.2) is 0 Å². The van der Waals surface area contributed by atoms with Gasteiger partial charge in [-0.1, -0.05) is 53.4 Å². The highest BCUT2D eigenvalue weighted by atomic mass is 14.5. The number of hydrogen-bond donors (Lipinski definition) is 0. The summed E-state index contributed by atoms with van der Waals surface area (Å²) in [6.45, 7) is 9.53. The molecular formula is C13H26. The van der Waals surface area contributed by atoms with Crippen LogP contribution in [-0.4, -0.2) is 0 Å². The van der Waals surface area contributed by atoms with E-state index in [1.165, 1.54) is 38.5 Å². The highest BCUT2D eigenvalue weighted by molar-refractivity contribution is 4.97. The fourth-order valence-electron chi connectivity index (χ4n) is 2.66. The zero-order valence-electron chi connectivity index (χ0n) is 9.90. The van der Waals surface area contributed by atoms with Crippen molar-refractivity contribution >= 4 is 0 Å². The molecule has 0 heterocycles. The molecule has 1 aliphatic rings. The minimum absolute atomic E-state index is 0.747. The topological polar surface area (TPSA) is 0 Å². The van der Waals surface area contributed by atoms with Gasteiger partial charge in [0.15, 0.2) is 0 Å². The molecule has 0 aromatic heterocycles. The zero-order chi connectivity index (χ0) is 9.90.